The van der Waals surface area contributed by atoms with Crippen molar-refractivity contribution in [2.75, 3.05) is 0 Å². The molecule has 3 rings (SSSR count). The van der Waals surface area contributed by atoms with Crippen LogP contribution in [0.4, 0.5) is 0 Å². The Balaban J connectivity index is 1.96. The number of H-pyrrole nitrogens is 1. The summed E-state index contributed by atoms with van der Waals surface area (Å²) in [5, 5.41) is 14.1. The highest BCUT2D eigenvalue weighted by molar-refractivity contribution is 5.94. The number of benzene rings is 1. The van der Waals surface area contributed by atoms with Crippen molar-refractivity contribution < 1.29 is 9.90 Å². The third-order valence-electron chi connectivity index (χ3n) is 3.76. The third kappa shape index (κ3) is 3.66. The van der Waals surface area contributed by atoms with Crippen LogP contribution in [0, 0.1) is 6.92 Å². The number of rotatable bonds is 4. The average molecular weight is 365 g/mol. The first-order chi connectivity index (χ1) is 13.0. The first kappa shape index (κ1) is 17.8. The van der Waals surface area contributed by atoms with Gasteiger partial charge in [0.15, 0.2) is 0 Å². The summed E-state index contributed by atoms with van der Waals surface area (Å²) in [6.45, 7) is 1.76. The van der Waals surface area contributed by atoms with Crippen molar-refractivity contribution in [2.45, 2.75) is 6.92 Å². The van der Waals surface area contributed by atoms with Gasteiger partial charge in [-0.15, -0.1) is 0 Å². The summed E-state index contributed by atoms with van der Waals surface area (Å²) in [7, 11) is 0. The van der Waals surface area contributed by atoms with Crippen molar-refractivity contribution in [3.63, 3.8) is 0 Å². The molecule has 3 aromatic rings. The van der Waals surface area contributed by atoms with Gasteiger partial charge < -0.3 is 5.11 Å². The second-order valence-electron chi connectivity index (χ2n) is 5.56. The summed E-state index contributed by atoms with van der Waals surface area (Å²) in [6.07, 6.45) is 3.84. The van der Waals surface area contributed by atoms with Crippen LogP contribution in [0.15, 0.2) is 63.5 Å². The molecule has 136 valence electrons. The van der Waals surface area contributed by atoms with Crippen LogP contribution in [-0.2, 0) is 0 Å². The zero-order valence-electron chi connectivity index (χ0n) is 14.2. The molecule has 3 N–H and O–H groups in total. The Morgan fingerprint density at radius 2 is 2.04 bits per heavy atom. The monoisotopic (exact) mass is 365 g/mol. The summed E-state index contributed by atoms with van der Waals surface area (Å²) >= 11 is 0. The van der Waals surface area contributed by atoms with E-state index in [4.69, 9.17) is 0 Å². The molecule has 0 aliphatic heterocycles. The summed E-state index contributed by atoms with van der Waals surface area (Å²) < 4.78 is 0.959. The molecular weight excluding hydrogens is 350 g/mol. The molecule has 1 aromatic carbocycles. The Labute approximate surface area is 152 Å². The SMILES string of the molecule is Cc1ccccc1-n1c(O)c(/C=N/NC(=O)c2cccnc2)c(=O)[nH]c1=O. The average Bonchev–Trinajstić information content (AvgIpc) is 2.66. The van der Waals surface area contributed by atoms with Gasteiger partial charge in [-0.2, -0.15) is 5.10 Å². The van der Waals surface area contributed by atoms with E-state index in [-0.39, 0.29) is 11.1 Å². The number of aromatic amines is 1. The fraction of sp³-hybridized carbons (Fsp3) is 0.0556. The van der Waals surface area contributed by atoms with Crippen LogP contribution in [0.1, 0.15) is 21.5 Å². The maximum Gasteiger partial charge on any atom is 0.335 e. The van der Waals surface area contributed by atoms with Gasteiger partial charge in [0.1, 0.15) is 5.56 Å². The van der Waals surface area contributed by atoms with E-state index in [0.717, 1.165) is 16.3 Å². The summed E-state index contributed by atoms with van der Waals surface area (Å²) in [5.41, 5.74) is 1.73. The number of hydrazone groups is 1. The molecule has 2 aromatic heterocycles. The Hall–Kier alpha value is -4.01. The first-order valence-corrected chi connectivity index (χ1v) is 7.87. The summed E-state index contributed by atoms with van der Waals surface area (Å²) in [6, 6.07) is 9.99. The van der Waals surface area contributed by atoms with Crippen molar-refractivity contribution in [3.8, 4) is 11.6 Å². The normalized spacial score (nSPS) is 10.9. The van der Waals surface area contributed by atoms with E-state index < -0.39 is 23.0 Å². The standard InChI is InChI=1S/C18H15N5O4/c1-11-5-2-3-7-14(11)23-17(26)13(16(25)21-18(23)27)10-20-22-15(24)12-6-4-8-19-9-12/h2-10,26H,1H3,(H,22,24)(H,21,25,27)/b20-10+. The van der Waals surface area contributed by atoms with Crippen molar-refractivity contribution in [3.05, 3.63) is 86.3 Å². The fourth-order valence-corrected chi connectivity index (χ4v) is 2.41. The Morgan fingerprint density at radius 1 is 1.26 bits per heavy atom. The number of hydrogen-bond donors (Lipinski definition) is 3. The molecule has 0 radical (unpaired) electrons. The van der Waals surface area contributed by atoms with E-state index >= 15 is 0 Å². The van der Waals surface area contributed by atoms with Gasteiger partial charge >= 0.3 is 5.69 Å². The van der Waals surface area contributed by atoms with Gasteiger partial charge in [0.25, 0.3) is 11.5 Å². The number of nitrogens with zero attached hydrogens (tertiary/aromatic N) is 3. The van der Waals surface area contributed by atoms with Crippen LogP contribution in [-0.4, -0.2) is 31.8 Å². The zero-order valence-corrected chi connectivity index (χ0v) is 14.2. The van der Waals surface area contributed by atoms with Crippen LogP contribution in [0.5, 0.6) is 5.88 Å². The van der Waals surface area contributed by atoms with Crippen molar-refractivity contribution >= 4 is 12.1 Å². The van der Waals surface area contributed by atoms with E-state index in [1.54, 1.807) is 43.3 Å². The Kier molecular flexibility index (Phi) is 4.93. The van der Waals surface area contributed by atoms with Gasteiger partial charge in [0, 0.05) is 12.4 Å². The number of nitrogens with one attached hydrogen (secondary N) is 2. The molecule has 0 fully saturated rings. The molecule has 0 bridgehead atoms. The summed E-state index contributed by atoms with van der Waals surface area (Å²) in [4.78, 5) is 42.1. The molecule has 0 spiro atoms. The van der Waals surface area contributed by atoms with Gasteiger partial charge in [0.2, 0.25) is 5.88 Å². The smallest absolute Gasteiger partial charge is 0.335 e. The predicted octanol–water partition coefficient (Wildman–Crippen LogP) is 0.699. The van der Waals surface area contributed by atoms with E-state index in [0.29, 0.717) is 5.69 Å². The lowest BCUT2D eigenvalue weighted by Gasteiger charge is -2.11. The molecule has 9 heteroatoms. The first-order valence-electron chi connectivity index (χ1n) is 7.87. The molecule has 0 atom stereocenters. The fourth-order valence-electron chi connectivity index (χ4n) is 2.41. The van der Waals surface area contributed by atoms with Gasteiger partial charge in [0.05, 0.1) is 17.5 Å². The van der Waals surface area contributed by atoms with Crippen LogP contribution in [0.25, 0.3) is 5.69 Å². The van der Waals surface area contributed by atoms with Crippen molar-refractivity contribution in [2.24, 2.45) is 5.10 Å². The molecule has 0 saturated carbocycles. The molecule has 27 heavy (non-hydrogen) atoms. The van der Waals surface area contributed by atoms with Gasteiger partial charge in [-0.05, 0) is 30.7 Å². The van der Waals surface area contributed by atoms with Crippen LogP contribution in [0.3, 0.4) is 0 Å². The molecule has 0 saturated heterocycles. The van der Waals surface area contributed by atoms with Crippen LogP contribution in [0.2, 0.25) is 0 Å². The topological polar surface area (TPSA) is 129 Å². The third-order valence-corrected chi connectivity index (χ3v) is 3.76. The highest BCUT2D eigenvalue weighted by Gasteiger charge is 2.15. The predicted molar refractivity (Wildman–Crippen MR) is 98.4 cm³/mol. The maximum atomic E-state index is 12.2. The van der Waals surface area contributed by atoms with Crippen LogP contribution >= 0.6 is 0 Å². The quantitative estimate of drug-likeness (QED) is 0.463. The van der Waals surface area contributed by atoms with Crippen LogP contribution < -0.4 is 16.7 Å². The minimum Gasteiger partial charge on any atom is -0.493 e. The number of carbonyl (C=O) groups is 1. The van der Waals surface area contributed by atoms with Crippen molar-refractivity contribution in [1.82, 2.24) is 20.0 Å². The zero-order chi connectivity index (χ0) is 19.4. The largest absolute Gasteiger partial charge is 0.493 e. The van der Waals surface area contributed by atoms with Crippen molar-refractivity contribution in [1.29, 1.82) is 0 Å². The molecule has 9 nitrogen and oxygen atoms in total. The molecule has 0 unspecified atom stereocenters. The number of para-hydroxylation sites is 1. The Bertz CT molecular complexity index is 1130. The summed E-state index contributed by atoms with van der Waals surface area (Å²) in [5.74, 6) is -1.13. The molecule has 0 aliphatic rings. The number of hydrogen-bond acceptors (Lipinski definition) is 6. The molecular formula is C18H15N5O4. The number of carbonyl (C=O) groups excluding carboxylic acids is 1. The minimum atomic E-state index is -0.832. The number of pyridine rings is 1. The number of aromatic hydroxyl groups is 1. The number of amides is 1. The van der Waals surface area contributed by atoms with E-state index in [9.17, 15) is 19.5 Å². The van der Waals surface area contributed by atoms with E-state index in [2.05, 4.69) is 20.5 Å². The lowest BCUT2D eigenvalue weighted by Crippen LogP contribution is -2.32. The second-order valence-corrected chi connectivity index (χ2v) is 5.56. The highest BCUT2D eigenvalue weighted by atomic mass is 16.3. The lowest BCUT2D eigenvalue weighted by molar-refractivity contribution is 0.0954. The minimum absolute atomic E-state index is 0.274. The number of aromatic nitrogens is 3. The van der Waals surface area contributed by atoms with Gasteiger partial charge in [-0.25, -0.2) is 14.8 Å². The maximum absolute atomic E-state index is 12.2. The lowest BCUT2D eigenvalue weighted by atomic mass is 10.2. The van der Waals surface area contributed by atoms with E-state index in [1.807, 2.05) is 0 Å². The Morgan fingerprint density at radius 3 is 2.74 bits per heavy atom. The molecule has 1 amide bonds. The molecule has 0 aliphatic carbocycles. The second kappa shape index (κ2) is 7.48. The number of aryl methyl sites for hydroxylation is 1. The van der Waals surface area contributed by atoms with E-state index in [1.165, 1.54) is 12.4 Å². The van der Waals surface area contributed by atoms with Gasteiger partial charge in [-0.1, -0.05) is 18.2 Å². The molecule has 2 heterocycles. The highest BCUT2D eigenvalue weighted by Crippen LogP contribution is 2.18. The van der Waals surface area contributed by atoms with Gasteiger partial charge in [-0.3, -0.25) is 19.6 Å².